The van der Waals surface area contributed by atoms with Crippen LogP contribution in [0.2, 0.25) is 0 Å². The molecule has 0 bridgehead atoms. The zero-order valence-corrected chi connectivity index (χ0v) is 12.3. The summed E-state index contributed by atoms with van der Waals surface area (Å²) in [6.45, 7) is 5.93. The van der Waals surface area contributed by atoms with E-state index < -0.39 is 5.82 Å². The van der Waals surface area contributed by atoms with Crippen LogP contribution in [-0.2, 0) is 11.3 Å². The van der Waals surface area contributed by atoms with Crippen molar-refractivity contribution in [2.45, 2.75) is 13.5 Å². The third kappa shape index (κ3) is 3.69. The van der Waals surface area contributed by atoms with E-state index in [0.29, 0.717) is 24.4 Å². The second kappa shape index (κ2) is 7.36. The largest absolute Gasteiger partial charge is 0.491 e. The summed E-state index contributed by atoms with van der Waals surface area (Å²) in [5, 5.41) is 2.65. The van der Waals surface area contributed by atoms with Crippen LogP contribution in [0.25, 0.3) is 11.3 Å². The van der Waals surface area contributed by atoms with Gasteiger partial charge in [-0.2, -0.15) is 0 Å². The first-order valence-electron chi connectivity index (χ1n) is 6.92. The van der Waals surface area contributed by atoms with Crippen molar-refractivity contribution in [3.8, 4) is 17.0 Å². The second-order valence-corrected chi connectivity index (χ2v) is 4.52. The molecule has 1 heterocycles. The Balaban J connectivity index is 2.18. The number of aromatic nitrogens is 1. The number of ether oxygens (including phenoxy) is 1. The molecule has 22 heavy (non-hydrogen) atoms. The number of hydrogen-bond acceptors (Lipinski definition) is 3. The minimum absolute atomic E-state index is 0.212. The van der Waals surface area contributed by atoms with Gasteiger partial charge >= 0.3 is 0 Å². The fraction of sp³-hybridized carbons (Fsp3) is 0.176. The van der Waals surface area contributed by atoms with Crippen LogP contribution in [0, 0.1) is 5.82 Å². The van der Waals surface area contributed by atoms with Gasteiger partial charge in [0, 0.05) is 18.3 Å². The lowest BCUT2D eigenvalue weighted by Gasteiger charge is -2.09. The minimum atomic E-state index is -0.426. The Morgan fingerprint density at radius 1 is 1.41 bits per heavy atom. The molecule has 0 unspecified atom stereocenters. The van der Waals surface area contributed by atoms with Crippen LogP contribution < -0.4 is 10.1 Å². The number of halogens is 1. The summed E-state index contributed by atoms with van der Waals surface area (Å²) in [4.78, 5) is 15.3. The molecule has 1 aromatic carbocycles. The highest BCUT2D eigenvalue weighted by Gasteiger charge is 2.11. The molecule has 0 aliphatic rings. The zero-order chi connectivity index (χ0) is 15.9. The predicted molar refractivity (Wildman–Crippen MR) is 82.8 cm³/mol. The van der Waals surface area contributed by atoms with E-state index in [-0.39, 0.29) is 11.7 Å². The lowest BCUT2D eigenvalue weighted by molar-refractivity contribution is -0.116. The van der Waals surface area contributed by atoms with Gasteiger partial charge < -0.3 is 10.1 Å². The maximum Gasteiger partial charge on any atom is 0.243 e. The van der Waals surface area contributed by atoms with Crippen molar-refractivity contribution in [1.82, 2.24) is 10.3 Å². The van der Waals surface area contributed by atoms with Crippen LogP contribution >= 0.6 is 0 Å². The smallest absolute Gasteiger partial charge is 0.243 e. The summed E-state index contributed by atoms with van der Waals surface area (Å²) in [7, 11) is 0. The van der Waals surface area contributed by atoms with E-state index in [1.165, 1.54) is 6.08 Å². The molecule has 0 radical (unpaired) electrons. The highest BCUT2D eigenvalue weighted by atomic mass is 19.1. The van der Waals surface area contributed by atoms with Crippen molar-refractivity contribution in [2.75, 3.05) is 6.61 Å². The first-order valence-corrected chi connectivity index (χ1v) is 6.92. The van der Waals surface area contributed by atoms with E-state index >= 15 is 0 Å². The fourth-order valence-electron chi connectivity index (χ4n) is 1.93. The summed E-state index contributed by atoms with van der Waals surface area (Å²) in [6.07, 6.45) is 2.81. The normalized spacial score (nSPS) is 10.1. The summed E-state index contributed by atoms with van der Waals surface area (Å²) in [5.41, 5.74) is 1.71. The Labute approximate surface area is 128 Å². The highest BCUT2D eigenvalue weighted by molar-refractivity contribution is 5.86. The second-order valence-electron chi connectivity index (χ2n) is 4.52. The van der Waals surface area contributed by atoms with E-state index in [0.717, 1.165) is 5.56 Å². The molecule has 4 nitrogen and oxygen atoms in total. The van der Waals surface area contributed by atoms with E-state index in [2.05, 4.69) is 16.9 Å². The molecule has 1 N–H and O–H groups in total. The molecule has 0 atom stereocenters. The molecule has 0 aliphatic heterocycles. The number of rotatable bonds is 6. The fourth-order valence-corrected chi connectivity index (χ4v) is 1.93. The van der Waals surface area contributed by atoms with Crippen LogP contribution in [0.5, 0.6) is 5.75 Å². The van der Waals surface area contributed by atoms with Gasteiger partial charge in [-0.05, 0) is 36.8 Å². The molecule has 0 spiro atoms. The van der Waals surface area contributed by atoms with E-state index in [4.69, 9.17) is 4.74 Å². The topological polar surface area (TPSA) is 51.2 Å². The molecule has 5 heteroatoms. The van der Waals surface area contributed by atoms with Crippen LogP contribution in [0.1, 0.15) is 12.5 Å². The monoisotopic (exact) mass is 300 g/mol. The van der Waals surface area contributed by atoms with Gasteiger partial charge in [-0.3, -0.25) is 9.78 Å². The predicted octanol–water partition coefficient (Wildman–Crippen LogP) is 3.09. The molecule has 1 aromatic heterocycles. The Bertz CT molecular complexity index is 669. The van der Waals surface area contributed by atoms with Crippen molar-refractivity contribution >= 4 is 5.91 Å². The van der Waals surface area contributed by atoms with Gasteiger partial charge in [0.1, 0.15) is 0 Å². The SMILES string of the molecule is C=CC(=O)NCc1ccc(-c2cccc(OCC)c2F)nc1. The van der Waals surface area contributed by atoms with Gasteiger partial charge in [0.15, 0.2) is 11.6 Å². The number of carbonyl (C=O) groups excluding carboxylic acids is 1. The van der Waals surface area contributed by atoms with E-state index in [1.807, 2.05) is 0 Å². The maximum atomic E-state index is 14.3. The first kappa shape index (κ1) is 15.7. The highest BCUT2D eigenvalue weighted by Crippen LogP contribution is 2.27. The van der Waals surface area contributed by atoms with Gasteiger partial charge in [0.05, 0.1) is 12.3 Å². The van der Waals surface area contributed by atoms with Gasteiger partial charge in [-0.25, -0.2) is 4.39 Å². The summed E-state index contributed by atoms with van der Waals surface area (Å²) < 4.78 is 19.6. The lowest BCUT2D eigenvalue weighted by Crippen LogP contribution is -2.19. The molecule has 0 aliphatic carbocycles. The molecule has 114 valence electrons. The van der Waals surface area contributed by atoms with Gasteiger partial charge in [0.2, 0.25) is 5.91 Å². The summed E-state index contributed by atoms with van der Waals surface area (Å²) in [5.74, 6) is -0.465. The molecule has 0 saturated carbocycles. The molecule has 2 aromatic rings. The number of benzene rings is 1. The molecule has 0 saturated heterocycles. The number of nitrogens with zero attached hydrogens (tertiary/aromatic N) is 1. The number of hydrogen-bond donors (Lipinski definition) is 1. The van der Waals surface area contributed by atoms with Crippen molar-refractivity contribution in [2.24, 2.45) is 0 Å². The number of carbonyl (C=O) groups is 1. The molecule has 2 rings (SSSR count). The number of amides is 1. The zero-order valence-electron chi connectivity index (χ0n) is 12.3. The molecular weight excluding hydrogens is 283 g/mol. The van der Waals surface area contributed by atoms with Crippen LogP contribution in [0.3, 0.4) is 0 Å². The maximum absolute atomic E-state index is 14.3. The number of nitrogens with one attached hydrogen (secondary N) is 1. The minimum Gasteiger partial charge on any atom is -0.491 e. The third-order valence-electron chi connectivity index (χ3n) is 3.02. The standard InChI is InChI=1S/C17H17FN2O2/c1-3-16(21)20-11-12-8-9-14(19-10-12)13-6-5-7-15(17(13)18)22-4-2/h3,5-10H,1,4,11H2,2H3,(H,20,21). The molecular formula is C17H17FN2O2. The van der Waals surface area contributed by atoms with Crippen LogP contribution in [0.15, 0.2) is 49.2 Å². The van der Waals surface area contributed by atoms with Gasteiger partial charge in [-0.1, -0.05) is 18.7 Å². The Morgan fingerprint density at radius 2 is 2.23 bits per heavy atom. The van der Waals surface area contributed by atoms with Crippen molar-refractivity contribution in [3.05, 3.63) is 60.6 Å². The Morgan fingerprint density at radius 3 is 2.86 bits per heavy atom. The summed E-state index contributed by atoms with van der Waals surface area (Å²) in [6, 6.07) is 8.46. The summed E-state index contributed by atoms with van der Waals surface area (Å²) >= 11 is 0. The average Bonchev–Trinajstić information content (AvgIpc) is 2.55. The molecule has 0 fully saturated rings. The van der Waals surface area contributed by atoms with Gasteiger partial charge in [-0.15, -0.1) is 0 Å². The van der Waals surface area contributed by atoms with Crippen molar-refractivity contribution < 1.29 is 13.9 Å². The van der Waals surface area contributed by atoms with Crippen molar-refractivity contribution in [1.29, 1.82) is 0 Å². The first-order chi connectivity index (χ1) is 10.7. The third-order valence-corrected chi connectivity index (χ3v) is 3.02. The van der Waals surface area contributed by atoms with Gasteiger partial charge in [0.25, 0.3) is 0 Å². The Hall–Kier alpha value is -2.69. The van der Waals surface area contributed by atoms with E-state index in [1.54, 1.807) is 43.5 Å². The molecule has 1 amide bonds. The average molecular weight is 300 g/mol. The van der Waals surface area contributed by atoms with Crippen LogP contribution in [0.4, 0.5) is 4.39 Å². The van der Waals surface area contributed by atoms with E-state index in [9.17, 15) is 9.18 Å². The van der Waals surface area contributed by atoms with Crippen LogP contribution in [-0.4, -0.2) is 17.5 Å². The lowest BCUT2D eigenvalue weighted by atomic mass is 10.1. The Kier molecular flexibility index (Phi) is 5.25. The quantitative estimate of drug-likeness (QED) is 0.834. The number of pyridine rings is 1. The van der Waals surface area contributed by atoms with Crippen molar-refractivity contribution in [3.63, 3.8) is 0 Å².